The van der Waals surface area contributed by atoms with Crippen molar-refractivity contribution >= 4 is 27.7 Å². The van der Waals surface area contributed by atoms with Gasteiger partial charge in [-0.3, -0.25) is 9.59 Å². The fourth-order valence-electron chi connectivity index (χ4n) is 3.52. The Labute approximate surface area is 200 Å². The lowest BCUT2D eigenvalue weighted by atomic mass is 9.91. The second kappa shape index (κ2) is 10.8. The zero-order valence-corrected chi connectivity index (χ0v) is 19.9. The van der Waals surface area contributed by atoms with E-state index in [4.69, 9.17) is 15.2 Å². The molecule has 4 unspecified atom stereocenters. The van der Waals surface area contributed by atoms with Gasteiger partial charge in [0.15, 0.2) is 0 Å². The Morgan fingerprint density at radius 3 is 2.52 bits per heavy atom. The number of benzene rings is 2. The number of aliphatic hydroxyl groups excluding tert-OH is 2. The molecule has 5 N–H and O–H groups in total. The molecule has 1 aliphatic carbocycles. The number of amides is 2. The van der Waals surface area contributed by atoms with Gasteiger partial charge in [0.2, 0.25) is 11.8 Å². The molecule has 0 aromatic heterocycles. The van der Waals surface area contributed by atoms with Crippen LogP contribution in [0.4, 0.5) is 0 Å². The van der Waals surface area contributed by atoms with E-state index in [0.29, 0.717) is 16.0 Å². The first-order valence-corrected chi connectivity index (χ1v) is 11.2. The second-order valence-corrected chi connectivity index (χ2v) is 8.81. The lowest BCUT2D eigenvalue weighted by Gasteiger charge is -2.31. The van der Waals surface area contributed by atoms with Crippen LogP contribution in [0.1, 0.15) is 17.5 Å². The summed E-state index contributed by atoms with van der Waals surface area (Å²) >= 11 is 3.41. The molecule has 3 rings (SSSR count). The number of aliphatic hydroxyl groups is 2. The molecule has 9 heteroatoms. The number of hydrogen-bond donors (Lipinski definition) is 4. The molecular weight excluding hydrogens is 492 g/mol. The molecule has 8 nitrogen and oxygen atoms in total. The summed E-state index contributed by atoms with van der Waals surface area (Å²) in [6.07, 6.45) is -1.82. The molecule has 0 saturated heterocycles. The van der Waals surface area contributed by atoms with Crippen LogP contribution < -0.4 is 20.5 Å². The maximum absolute atomic E-state index is 12.9. The standard InChI is InChI=1S/C24H27BrN2O6/c1-13-3-8-20(17(25)9-13)33-21-12-15(11-19(28)22(21)29)24(31)27-18(23(26)30)10-14-4-6-16(32-2)7-5-14/h3-9,12,18-19,21-22,28-29H,10-11H2,1-2H3,(H2,26,30)(H,27,31). The van der Waals surface area contributed by atoms with E-state index < -0.39 is 36.2 Å². The van der Waals surface area contributed by atoms with Gasteiger partial charge in [-0.05, 0) is 64.3 Å². The van der Waals surface area contributed by atoms with E-state index in [0.717, 1.165) is 11.1 Å². The van der Waals surface area contributed by atoms with Gasteiger partial charge >= 0.3 is 0 Å². The highest BCUT2D eigenvalue weighted by atomic mass is 79.9. The maximum Gasteiger partial charge on any atom is 0.247 e. The van der Waals surface area contributed by atoms with Crippen LogP contribution in [0.5, 0.6) is 11.5 Å². The minimum Gasteiger partial charge on any atom is -0.497 e. The summed E-state index contributed by atoms with van der Waals surface area (Å²) in [7, 11) is 1.55. The van der Waals surface area contributed by atoms with Crippen molar-refractivity contribution in [2.45, 2.75) is 44.1 Å². The third-order valence-electron chi connectivity index (χ3n) is 5.42. The van der Waals surface area contributed by atoms with Gasteiger partial charge in [0, 0.05) is 18.4 Å². The first-order chi connectivity index (χ1) is 15.7. The molecular formula is C24H27BrN2O6. The number of carbonyl (C=O) groups is 2. The van der Waals surface area contributed by atoms with Crippen LogP contribution in [0.2, 0.25) is 0 Å². The molecule has 33 heavy (non-hydrogen) atoms. The molecule has 0 saturated carbocycles. The van der Waals surface area contributed by atoms with E-state index in [2.05, 4.69) is 21.2 Å². The Hall–Kier alpha value is -2.88. The SMILES string of the molecule is COc1ccc(CC(NC(=O)C2=CC(Oc3ccc(C)cc3Br)C(O)C(O)C2)C(N)=O)cc1. The Bertz CT molecular complexity index is 1040. The number of carbonyl (C=O) groups excluding carboxylic acids is 2. The number of primary amides is 1. The van der Waals surface area contributed by atoms with Gasteiger partial charge in [-0.15, -0.1) is 0 Å². The van der Waals surface area contributed by atoms with E-state index in [-0.39, 0.29) is 18.4 Å². The van der Waals surface area contributed by atoms with E-state index in [9.17, 15) is 19.8 Å². The second-order valence-electron chi connectivity index (χ2n) is 7.95. The Kier molecular flexibility index (Phi) is 8.12. The average molecular weight is 519 g/mol. The summed E-state index contributed by atoms with van der Waals surface area (Å²) in [5.74, 6) is -0.115. The van der Waals surface area contributed by atoms with E-state index >= 15 is 0 Å². The highest BCUT2D eigenvalue weighted by Gasteiger charge is 2.35. The summed E-state index contributed by atoms with van der Waals surface area (Å²) in [5, 5.41) is 23.4. The molecule has 1 aliphatic rings. The van der Waals surface area contributed by atoms with Crippen molar-refractivity contribution in [2.75, 3.05) is 7.11 Å². The zero-order chi connectivity index (χ0) is 24.1. The van der Waals surface area contributed by atoms with Crippen molar-refractivity contribution in [3.05, 3.63) is 69.7 Å². The van der Waals surface area contributed by atoms with Crippen molar-refractivity contribution in [3.63, 3.8) is 0 Å². The number of nitrogens with one attached hydrogen (secondary N) is 1. The lowest BCUT2D eigenvalue weighted by Crippen LogP contribution is -2.49. The number of methoxy groups -OCH3 is 1. The normalized spacial score (nSPS) is 21.0. The predicted molar refractivity (Wildman–Crippen MR) is 126 cm³/mol. The molecule has 0 heterocycles. The summed E-state index contributed by atoms with van der Waals surface area (Å²) in [6, 6.07) is 11.5. The van der Waals surface area contributed by atoms with Crippen LogP contribution >= 0.6 is 15.9 Å². The van der Waals surface area contributed by atoms with Crippen molar-refractivity contribution in [1.82, 2.24) is 5.32 Å². The third-order valence-corrected chi connectivity index (χ3v) is 6.03. The largest absolute Gasteiger partial charge is 0.497 e. The molecule has 0 spiro atoms. The molecule has 0 aliphatic heterocycles. The van der Waals surface area contributed by atoms with Gasteiger partial charge < -0.3 is 30.7 Å². The number of ether oxygens (including phenoxy) is 2. The molecule has 176 valence electrons. The number of nitrogens with two attached hydrogens (primary N) is 1. The monoisotopic (exact) mass is 518 g/mol. The molecule has 2 amide bonds. The van der Waals surface area contributed by atoms with E-state index in [1.54, 1.807) is 37.4 Å². The number of aryl methyl sites for hydroxylation is 1. The lowest BCUT2D eigenvalue weighted by molar-refractivity contribution is -0.126. The fraction of sp³-hybridized carbons (Fsp3) is 0.333. The quantitative estimate of drug-likeness (QED) is 0.421. The van der Waals surface area contributed by atoms with Gasteiger partial charge in [0.1, 0.15) is 29.7 Å². The minimum absolute atomic E-state index is 0.0874. The van der Waals surface area contributed by atoms with Crippen molar-refractivity contribution in [3.8, 4) is 11.5 Å². The van der Waals surface area contributed by atoms with E-state index in [1.807, 2.05) is 19.1 Å². The third kappa shape index (κ3) is 6.34. The van der Waals surface area contributed by atoms with Crippen molar-refractivity contribution < 1.29 is 29.3 Å². The van der Waals surface area contributed by atoms with E-state index in [1.165, 1.54) is 6.08 Å². The number of halogens is 1. The summed E-state index contributed by atoms with van der Waals surface area (Å²) < 4.78 is 11.7. The van der Waals surface area contributed by atoms with Crippen LogP contribution in [0.15, 0.2) is 58.6 Å². The topological polar surface area (TPSA) is 131 Å². The summed E-state index contributed by atoms with van der Waals surface area (Å²) in [4.78, 5) is 24.9. The highest BCUT2D eigenvalue weighted by Crippen LogP contribution is 2.30. The number of hydrogen-bond acceptors (Lipinski definition) is 6. The van der Waals surface area contributed by atoms with Gasteiger partial charge in [-0.25, -0.2) is 0 Å². The van der Waals surface area contributed by atoms with Crippen LogP contribution in [-0.4, -0.2) is 53.5 Å². The summed E-state index contributed by atoms with van der Waals surface area (Å²) in [6.45, 7) is 1.93. The van der Waals surface area contributed by atoms with Gasteiger partial charge in [0.25, 0.3) is 0 Å². The molecule has 2 aromatic carbocycles. The fourth-order valence-corrected chi connectivity index (χ4v) is 4.11. The molecule has 2 aromatic rings. The molecule has 0 fully saturated rings. The first kappa shape index (κ1) is 24.8. The van der Waals surface area contributed by atoms with Gasteiger partial charge in [-0.2, -0.15) is 0 Å². The zero-order valence-electron chi connectivity index (χ0n) is 18.3. The predicted octanol–water partition coefficient (Wildman–Crippen LogP) is 1.78. The van der Waals surface area contributed by atoms with Crippen LogP contribution in [0.25, 0.3) is 0 Å². The average Bonchev–Trinajstić information content (AvgIpc) is 2.78. The van der Waals surface area contributed by atoms with Crippen LogP contribution in [0.3, 0.4) is 0 Å². The Morgan fingerprint density at radius 2 is 1.91 bits per heavy atom. The van der Waals surface area contributed by atoms with Crippen LogP contribution in [-0.2, 0) is 16.0 Å². The Balaban J connectivity index is 1.75. The highest BCUT2D eigenvalue weighted by molar-refractivity contribution is 9.10. The molecule has 0 bridgehead atoms. The minimum atomic E-state index is -1.22. The van der Waals surface area contributed by atoms with Gasteiger partial charge in [0.05, 0.1) is 17.7 Å². The van der Waals surface area contributed by atoms with Crippen molar-refractivity contribution in [1.29, 1.82) is 0 Å². The Morgan fingerprint density at radius 1 is 1.21 bits per heavy atom. The molecule has 4 atom stereocenters. The first-order valence-electron chi connectivity index (χ1n) is 10.4. The summed E-state index contributed by atoms with van der Waals surface area (Å²) in [5.41, 5.74) is 7.51. The maximum atomic E-state index is 12.9. The van der Waals surface area contributed by atoms with Crippen LogP contribution in [0, 0.1) is 6.92 Å². The van der Waals surface area contributed by atoms with Crippen molar-refractivity contribution in [2.24, 2.45) is 5.73 Å². The molecule has 0 radical (unpaired) electrons. The number of rotatable bonds is 8. The van der Waals surface area contributed by atoms with Gasteiger partial charge in [-0.1, -0.05) is 18.2 Å². The smallest absolute Gasteiger partial charge is 0.247 e.